The summed E-state index contributed by atoms with van der Waals surface area (Å²) >= 11 is 2.27. The monoisotopic (exact) mass is 477 g/mol. The maximum absolute atomic E-state index is 12.8. The van der Waals surface area contributed by atoms with E-state index in [9.17, 15) is 24.3 Å². The largest absolute Gasteiger partial charge is 0.479 e. The Kier molecular flexibility index (Phi) is 6.81. The molecule has 1 aromatic rings. The van der Waals surface area contributed by atoms with Gasteiger partial charge in [0.05, 0.1) is 0 Å². The Hall–Kier alpha value is -3.83. The Bertz CT molecular complexity index is 1120. The summed E-state index contributed by atoms with van der Waals surface area (Å²) in [6.07, 6.45) is 7.95. The second-order valence-electron chi connectivity index (χ2n) is 6.22. The van der Waals surface area contributed by atoms with Gasteiger partial charge in [-0.25, -0.2) is 14.6 Å². The summed E-state index contributed by atoms with van der Waals surface area (Å²) < 4.78 is 0. The van der Waals surface area contributed by atoms with Crippen LogP contribution in [0.15, 0.2) is 34.0 Å². The average molecular weight is 477 g/mol. The van der Waals surface area contributed by atoms with Gasteiger partial charge in [-0.1, -0.05) is 11.1 Å². The molecule has 2 aliphatic heterocycles. The number of carbonyl (C=O) groups excluding carboxylic acids is 2. The van der Waals surface area contributed by atoms with E-state index in [1.165, 1.54) is 29.3 Å². The SMILES string of the molecule is C#CC=CC1=C(C(=O)O)N2C(=O)[C@@H](NC(=O)C(=NOCC(=O)O)c3csc(N)n3)[C@H]2SC1. The molecule has 0 aliphatic carbocycles. The number of thiazole rings is 1. The van der Waals surface area contributed by atoms with E-state index in [0.717, 1.165) is 16.2 Å². The van der Waals surface area contributed by atoms with Gasteiger partial charge in [0.1, 0.15) is 22.8 Å². The van der Waals surface area contributed by atoms with Gasteiger partial charge in [0.15, 0.2) is 10.8 Å². The molecule has 14 heteroatoms. The number of allylic oxidation sites excluding steroid dienone is 2. The molecule has 3 rings (SSSR count). The number of hydrogen-bond acceptors (Lipinski definition) is 10. The van der Waals surface area contributed by atoms with E-state index in [4.69, 9.17) is 17.3 Å². The smallest absolute Gasteiger partial charge is 0.352 e. The van der Waals surface area contributed by atoms with Gasteiger partial charge in [-0.15, -0.1) is 29.5 Å². The molecule has 5 N–H and O–H groups in total. The zero-order valence-corrected chi connectivity index (χ0v) is 17.7. The Morgan fingerprint density at radius 2 is 2.22 bits per heavy atom. The zero-order valence-electron chi connectivity index (χ0n) is 16.0. The van der Waals surface area contributed by atoms with Crippen molar-refractivity contribution in [3.05, 3.63) is 34.5 Å². The second kappa shape index (κ2) is 9.54. The molecule has 2 amide bonds. The average Bonchev–Trinajstić information content (AvgIpc) is 3.17. The van der Waals surface area contributed by atoms with E-state index in [2.05, 4.69) is 26.2 Å². The first-order valence-corrected chi connectivity index (χ1v) is 10.6. The first kappa shape index (κ1) is 22.8. The number of nitrogen functional groups attached to an aromatic ring is 1. The normalized spacial score (nSPS) is 20.4. The fourth-order valence-electron chi connectivity index (χ4n) is 2.88. The van der Waals surface area contributed by atoms with E-state index >= 15 is 0 Å². The minimum absolute atomic E-state index is 0.0307. The predicted molar refractivity (Wildman–Crippen MR) is 114 cm³/mol. The van der Waals surface area contributed by atoms with Crippen LogP contribution >= 0.6 is 23.1 Å². The van der Waals surface area contributed by atoms with Crippen LogP contribution in [0.2, 0.25) is 0 Å². The van der Waals surface area contributed by atoms with Gasteiger partial charge >= 0.3 is 11.9 Å². The van der Waals surface area contributed by atoms with Crippen molar-refractivity contribution >= 4 is 57.7 Å². The third kappa shape index (κ3) is 4.58. The van der Waals surface area contributed by atoms with Gasteiger partial charge in [-0.2, -0.15) is 0 Å². The number of rotatable bonds is 8. The lowest BCUT2D eigenvalue weighted by molar-refractivity contribution is -0.150. The number of anilines is 1. The predicted octanol–water partition coefficient (Wildman–Crippen LogP) is -0.541. The minimum Gasteiger partial charge on any atom is -0.479 e. The molecule has 3 heterocycles. The Morgan fingerprint density at radius 1 is 1.47 bits per heavy atom. The fraction of sp³-hybridized carbons (Fsp3) is 0.222. The quantitative estimate of drug-likeness (QED) is 0.164. The maximum atomic E-state index is 12.8. The van der Waals surface area contributed by atoms with Gasteiger partial charge in [0.2, 0.25) is 6.61 Å². The van der Waals surface area contributed by atoms with Crippen molar-refractivity contribution in [2.45, 2.75) is 11.4 Å². The number of carboxylic acids is 2. The van der Waals surface area contributed by atoms with Crippen LogP contribution in [-0.4, -0.2) is 73.3 Å². The molecule has 2 aliphatic rings. The molecule has 0 spiro atoms. The third-order valence-electron chi connectivity index (χ3n) is 4.19. The number of nitrogens with zero attached hydrogens (tertiary/aromatic N) is 3. The third-order valence-corrected chi connectivity index (χ3v) is 6.17. The summed E-state index contributed by atoms with van der Waals surface area (Å²) in [7, 11) is 0. The van der Waals surface area contributed by atoms with Gasteiger partial charge in [-0.3, -0.25) is 14.5 Å². The molecule has 1 saturated heterocycles. The number of nitrogens with one attached hydrogen (secondary N) is 1. The van der Waals surface area contributed by atoms with Crippen LogP contribution in [0.3, 0.4) is 0 Å². The lowest BCUT2D eigenvalue weighted by Gasteiger charge is -2.49. The summed E-state index contributed by atoms with van der Waals surface area (Å²) in [5.74, 6) is -1.58. The van der Waals surface area contributed by atoms with Crippen molar-refractivity contribution in [3.8, 4) is 12.3 Å². The first-order chi connectivity index (χ1) is 15.2. The number of terminal acetylenes is 1. The fourth-order valence-corrected chi connectivity index (χ4v) is 4.75. The topological polar surface area (TPSA) is 185 Å². The molecule has 0 bridgehead atoms. The zero-order chi connectivity index (χ0) is 23.4. The Balaban J connectivity index is 1.81. The first-order valence-electron chi connectivity index (χ1n) is 8.72. The maximum Gasteiger partial charge on any atom is 0.352 e. The standard InChI is InChI=1S/C18H15N5O7S2/c1-2-3-4-8-6-31-16-12(15(27)23(16)13(8)17(28)29)21-14(26)11(22-30-5-10(24)25)9-7-32-18(19)20-9/h1,3-4,7,12,16H,5-6H2,(H2,19,20)(H,21,26)(H,24,25)(H,28,29)/t12-,16-/m1/s1. The Labute approximate surface area is 188 Å². The molecule has 2 atom stereocenters. The number of hydrogen-bond donors (Lipinski definition) is 4. The highest BCUT2D eigenvalue weighted by molar-refractivity contribution is 8.00. The molecule has 1 fully saturated rings. The van der Waals surface area contributed by atoms with Crippen LogP contribution in [0.5, 0.6) is 0 Å². The molecule has 0 saturated carbocycles. The van der Waals surface area contributed by atoms with Crippen molar-refractivity contribution in [1.29, 1.82) is 0 Å². The number of aromatic nitrogens is 1. The number of nitrogens with two attached hydrogens (primary N) is 1. The van der Waals surface area contributed by atoms with Crippen molar-refractivity contribution in [2.24, 2.45) is 5.16 Å². The van der Waals surface area contributed by atoms with Crippen molar-refractivity contribution < 1.29 is 34.2 Å². The van der Waals surface area contributed by atoms with Crippen LogP contribution in [0, 0.1) is 12.3 Å². The molecule has 12 nitrogen and oxygen atoms in total. The second-order valence-corrected chi connectivity index (χ2v) is 8.21. The summed E-state index contributed by atoms with van der Waals surface area (Å²) in [5.41, 5.74) is 5.40. The van der Waals surface area contributed by atoms with E-state index in [0.29, 0.717) is 5.57 Å². The summed E-state index contributed by atoms with van der Waals surface area (Å²) in [6, 6.07) is -1.04. The molecular weight excluding hydrogens is 462 g/mol. The Morgan fingerprint density at radius 3 is 2.81 bits per heavy atom. The number of carboxylic acid groups (broad SMARTS) is 2. The highest BCUT2D eigenvalue weighted by Gasteiger charge is 2.54. The van der Waals surface area contributed by atoms with Crippen molar-refractivity contribution in [2.75, 3.05) is 18.1 Å². The lowest BCUT2D eigenvalue weighted by Crippen LogP contribution is -2.71. The molecular formula is C18H15N5O7S2. The highest BCUT2D eigenvalue weighted by atomic mass is 32.2. The molecule has 1 aromatic heterocycles. The molecule has 32 heavy (non-hydrogen) atoms. The van der Waals surface area contributed by atoms with E-state index < -0.39 is 41.8 Å². The summed E-state index contributed by atoms with van der Waals surface area (Å²) in [6.45, 7) is -0.800. The van der Waals surface area contributed by atoms with Gasteiger partial charge < -0.3 is 26.1 Å². The van der Waals surface area contributed by atoms with Crippen LogP contribution in [0.4, 0.5) is 5.13 Å². The summed E-state index contributed by atoms with van der Waals surface area (Å²) in [5, 5.41) is 25.1. The number of β-lactam (4-membered cyclic amide) rings is 1. The molecule has 0 unspecified atom stereocenters. The van der Waals surface area contributed by atoms with Crippen LogP contribution in [0.25, 0.3) is 0 Å². The van der Waals surface area contributed by atoms with E-state index in [1.54, 1.807) is 0 Å². The minimum atomic E-state index is -1.31. The number of thioether (sulfide) groups is 1. The molecule has 0 radical (unpaired) electrons. The van der Waals surface area contributed by atoms with Crippen molar-refractivity contribution in [3.63, 3.8) is 0 Å². The molecule has 166 valence electrons. The van der Waals surface area contributed by atoms with Gasteiger partial charge in [-0.05, 0) is 17.7 Å². The molecule has 0 aromatic carbocycles. The van der Waals surface area contributed by atoms with Crippen LogP contribution < -0.4 is 11.1 Å². The van der Waals surface area contributed by atoms with Crippen molar-refractivity contribution in [1.82, 2.24) is 15.2 Å². The number of amides is 2. The number of oxime groups is 1. The van der Waals surface area contributed by atoms with Gasteiger partial charge in [0, 0.05) is 11.1 Å². The lowest BCUT2D eigenvalue weighted by atomic mass is 10.0. The van der Waals surface area contributed by atoms with E-state index in [-0.39, 0.29) is 28.0 Å². The number of fused-ring (bicyclic) bond motifs is 1. The van der Waals surface area contributed by atoms with Crippen LogP contribution in [0.1, 0.15) is 5.69 Å². The summed E-state index contributed by atoms with van der Waals surface area (Å²) in [4.78, 5) is 57.5. The van der Waals surface area contributed by atoms with Gasteiger partial charge in [0.25, 0.3) is 11.8 Å². The highest BCUT2D eigenvalue weighted by Crippen LogP contribution is 2.40. The van der Waals surface area contributed by atoms with Crippen LogP contribution in [-0.2, 0) is 24.0 Å². The van der Waals surface area contributed by atoms with E-state index in [1.807, 2.05) is 0 Å². The number of carbonyl (C=O) groups is 4. The number of aliphatic carboxylic acids is 2.